The Hall–Kier alpha value is -1.41. The van der Waals surface area contributed by atoms with Crippen LogP contribution in [0.1, 0.15) is 24.4 Å². The molecular formula is C14H16BrNO5S. The summed E-state index contributed by atoms with van der Waals surface area (Å²) in [6, 6.07) is 6.29. The Balaban J connectivity index is 2.11. The van der Waals surface area contributed by atoms with Gasteiger partial charge in [0.25, 0.3) is 0 Å². The van der Waals surface area contributed by atoms with E-state index in [1.165, 1.54) is 0 Å². The van der Waals surface area contributed by atoms with Crippen LogP contribution in [0.2, 0.25) is 0 Å². The van der Waals surface area contributed by atoms with Crippen LogP contribution in [0.5, 0.6) is 0 Å². The molecule has 1 saturated heterocycles. The molecular weight excluding hydrogens is 374 g/mol. The zero-order chi connectivity index (χ0) is 16.3. The molecule has 1 aliphatic heterocycles. The van der Waals surface area contributed by atoms with E-state index in [2.05, 4.69) is 21.2 Å². The van der Waals surface area contributed by atoms with E-state index in [1.54, 1.807) is 24.3 Å². The average Bonchev–Trinajstić information content (AvgIpc) is 2.79. The number of carbonyl (C=O) groups is 2. The number of hydrogen-bond donors (Lipinski definition) is 2. The fraction of sp³-hybridized carbons (Fsp3) is 0.429. The Bertz CT molecular complexity index is 671. The van der Waals surface area contributed by atoms with Crippen molar-refractivity contribution in [3.8, 4) is 0 Å². The molecule has 2 N–H and O–H groups in total. The van der Waals surface area contributed by atoms with E-state index in [-0.39, 0.29) is 24.3 Å². The van der Waals surface area contributed by atoms with Crippen molar-refractivity contribution in [1.82, 2.24) is 5.32 Å². The molecule has 1 fully saturated rings. The molecule has 0 radical (unpaired) electrons. The predicted octanol–water partition coefficient (Wildman–Crippen LogP) is 1.52. The van der Waals surface area contributed by atoms with Gasteiger partial charge in [-0.3, -0.25) is 9.59 Å². The maximum absolute atomic E-state index is 12.2. The van der Waals surface area contributed by atoms with Crippen LogP contribution in [-0.4, -0.2) is 36.9 Å². The quantitative estimate of drug-likeness (QED) is 0.794. The van der Waals surface area contributed by atoms with E-state index < -0.39 is 33.7 Å². The van der Waals surface area contributed by atoms with E-state index in [0.29, 0.717) is 5.56 Å². The molecule has 0 saturated carbocycles. The summed E-state index contributed by atoms with van der Waals surface area (Å²) in [5.74, 6) is -2.20. The average molecular weight is 390 g/mol. The first-order valence-corrected chi connectivity index (χ1v) is 9.36. The maximum atomic E-state index is 12.2. The van der Waals surface area contributed by atoms with Crippen molar-refractivity contribution >= 4 is 37.6 Å². The zero-order valence-electron chi connectivity index (χ0n) is 11.7. The lowest BCUT2D eigenvalue weighted by molar-refractivity contribution is -0.137. The lowest BCUT2D eigenvalue weighted by Crippen LogP contribution is -2.35. The van der Waals surface area contributed by atoms with Crippen molar-refractivity contribution < 1.29 is 23.1 Å². The standard InChI is InChI=1S/C14H16BrNO5S/c15-11-3-1-9(2-4-11)12(7-13(17)18)16-14(19)10-5-6-22(20,21)8-10/h1-4,10,12H,5-8H2,(H,16,19)(H,17,18)/t10-,12+/m1/s1. The van der Waals surface area contributed by atoms with Gasteiger partial charge in [0.05, 0.1) is 29.9 Å². The third-order valence-corrected chi connectivity index (χ3v) is 5.87. The highest BCUT2D eigenvalue weighted by Crippen LogP contribution is 2.23. The normalized spacial score (nSPS) is 21.2. The second-order valence-corrected chi connectivity index (χ2v) is 8.45. The first kappa shape index (κ1) is 17.0. The summed E-state index contributed by atoms with van der Waals surface area (Å²) in [6.45, 7) is 0. The first-order valence-electron chi connectivity index (χ1n) is 6.75. The fourth-order valence-corrected chi connectivity index (χ4v) is 4.42. The number of benzene rings is 1. The second kappa shape index (κ2) is 6.78. The Kier molecular flexibility index (Phi) is 5.23. The number of rotatable bonds is 5. The fourth-order valence-electron chi connectivity index (χ4n) is 2.41. The van der Waals surface area contributed by atoms with E-state index in [0.717, 1.165) is 4.47 Å². The molecule has 0 bridgehead atoms. The molecule has 1 amide bonds. The lowest BCUT2D eigenvalue weighted by Gasteiger charge is -2.19. The molecule has 0 unspecified atom stereocenters. The van der Waals surface area contributed by atoms with Crippen molar-refractivity contribution in [2.75, 3.05) is 11.5 Å². The highest BCUT2D eigenvalue weighted by atomic mass is 79.9. The minimum absolute atomic E-state index is 0.00691. The minimum Gasteiger partial charge on any atom is -0.481 e. The molecule has 120 valence electrons. The molecule has 0 spiro atoms. The summed E-state index contributed by atoms with van der Waals surface area (Å²) in [4.78, 5) is 23.2. The first-order chi connectivity index (χ1) is 10.3. The molecule has 1 aliphatic rings. The van der Waals surface area contributed by atoms with Gasteiger partial charge >= 0.3 is 5.97 Å². The Morgan fingerprint density at radius 2 is 1.95 bits per heavy atom. The van der Waals surface area contributed by atoms with Gasteiger partial charge in [-0.2, -0.15) is 0 Å². The number of hydrogen-bond acceptors (Lipinski definition) is 4. The van der Waals surface area contributed by atoms with Crippen molar-refractivity contribution in [2.45, 2.75) is 18.9 Å². The number of sulfone groups is 1. The number of carboxylic acid groups (broad SMARTS) is 1. The van der Waals surface area contributed by atoms with E-state index in [4.69, 9.17) is 5.11 Å². The van der Waals surface area contributed by atoms with Gasteiger partial charge in [-0.15, -0.1) is 0 Å². The summed E-state index contributed by atoms with van der Waals surface area (Å²) in [7, 11) is -3.15. The van der Waals surface area contributed by atoms with Crippen molar-refractivity contribution in [1.29, 1.82) is 0 Å². The molecule has 8 heteroatoms. The second-order valence-electron chi connectivity index (χ2n) is 5.31. The highest BCUT2D eigenvalue weighted by Gasteiger charge is 2.34. The largest absolute Gasteiger partial charge is 0.481 e. The van der Waals surface area contributed by atoms with Gasteiger partial charge in [0.1, 0.15) is 0 Å². The zero-order valence-corrected chi connectivity index (χ0v) is 14.1. The Morgan fingerprint density at radius 1 is 1.32 bits per heavy atom. The van der Waals surface area contributed by atoms with Crippen molar-refractivity contribution in [3.63, 3.8) is 0 Å². The summed E-state index contributed by atoms with van der Waals surface area (Å²) in [5, 5.41) is 11.7. The SMILES string of the molecule is O=C(O)C[C@H](NC(=O)[C@@H]1CCS(=O)(=O)C1)c1ccc(Br)cc1. The van der Waals surface area contributed by atoms with Gasteiger partial charge in [-0.05, 0) is 24.1 Å². The Morgan fingerprint density at radius 3 is 2.45 bits per heavy atom. The molecule has 1 heterocycles. The van der Waals surface area contributed by atoms with Crippen LogP contribution in [-0.2, 0) is 19.4 Å². The van der Waals surface area contributed by atoms with Crippen molar-refractivity contribution in [3.05, 3.63) is 34.3 Å². The highest BCUT2D eigenvalue weighted by molar-refractivity contribution is 9.10. The van der Waals surface area contributed by atoms with Crippen LogP contribution in [0.3, 0.4) is 0 Å². The third kappa shape index (κ3) is 4.54. The van der Waals surface area contributed by atoms with E-state index in [9.17, 15) is 18.0 Å². The summed E-state index contributed by atoms with van der Waals surface area (Å²) in [6.07, 6.45) is 0.0289. The maximum Gasteiger partial charge on any atom is 0.305 e. The van der Waals surface area contributed by atoms with Crippen LogP contribution in [0.25, 0.3) is 0 Å². The smallest absolute Gasteiger partial charge is 0.305 e. The van der Waals surface area contributed by atoms with Crippen LogP contribution >= 0.6 is 15.9 Å². The minimum atomic E-state index is -3.15. The number of carboxylic acids is 1. The summed E-state index contributed by atoms with van der Waals surface area (Å²) in [5.41, 5.74) is 0.666. The van der Waals surface area contributed by atoms with E-state index >= 15 is 0 Å². The molecule has 0 aliphatic carbocycles. The molecule has 1 aromatic carbocycles. The van der Waals surface area contributed by atoms with Crippen LogP contribution < -0.4 is 5.32 Å². The van der Waals surface area contributed by atoms with Crippen LogP contribution in [0, 0.1) is 5.92 Å². The number of nitrogens with one attached hydrogen (secondary N) is 1. The molecule has 22 heavy (non-hydrogen) atoms. The lowest BCUT2D eigenvalue weighted by atomic mass is 10.0. The number of amides is 1. The van der Waals surface area contributed by atoms with Gasteiger partial charge < -0.3 is 10.4 Å². The van der Waals surface area contributed by atoms with Crippen molar-refractivity contribution in [2.24, 2.45) is 5.92 Å². The van der Waals surface area contributed by atoms with Gasteiger partial charge in [-0.25, -0.2) is 8.42 Å². The molecule has 2 rings (SSSR count). The van der Waals surface area contributed by atoms with Gasteiger partial charge in [-0.1, -0.05) is 28.1 Å². The van der Waals surface area contributed by atoms with Gasteiger partial charge in [0.15, 0.2) is 9.84 Å². The van der Waals surface area contributed by atoms with Gasteiger partial charge in [0.2, 0.25) is 5.91 Å². The summed E-state index contributed by atoms with van der Waals surface area (Å²) >= 11 is 3.29. The number of carbonyl (C=O) groups excluding carboxylic acids is 1. The number of aliphatic carboxylic acids is 1. The van der Waals surface area contributed by atoms with Crippen LogP contribution in [0.15, 0.2) is 28.7 Å². The molecule has 2 atom stereocenters. The third-order valence-electron chi connectivity index (χ3n) is 3.57. The van der Waals surface area contributed by atoms with E-state index in [1.807, 2.05) is 0 Å². The van der Waals surface area contributed by atoms with Crippen LogP contribution in [0.4, 0.5) is 0 Å². The van der Waals surface area contributed by atoms with Gasteiger partial charge in [0, 0.05) is 4.47 Å². The predicted molar refractivity (Wildman–Crippen MR) is 84.0 cm³/mol. The molecule has 6 nitrogen and oxygen atoms in total. The summed E-state index contributed by atoms with van der Waals surface area (Å²) < 4.78 is 23.7. The molecule has 0 aromatic heterocycles. The monoisotopic (exact) mass is 389 g/mol. The number of halogens is 1. The Labute approximate surface area is 137 Å². The molecule has 1 aromatic rings. The topological polar surface area (TPSA) is 101 Å².